The standard InChI is InChI=1S/C28H34O15/c1-2-13-17(32)21(36)23(38)27(43-13)28(41)25(39)15(12(31)8-5-10-3-6-11(30)7-4-10)19(34)16(26(28)40)24-22(37)20(35)18(33)14(9-29)42-24/h3-8,13-14,17-18,20-24,27,29-30,32-33,35-41H,2,9H2,1H3/b8-5+. The Balaban J connectivity index is 1.89. The van der Waals surface area contributed by atoms with Crippen LogP contribution in [-0.4, -0.2) is 141 Å². The largest absolute Gasteiger partial charge is 0.508 e. The molecule has 1 aromatic carbocycles. The molecule has 1 aromatic rings. The quantitative estimate of drug-likeness (QED) is 0.109. The van der Waals surface area contributed by atoms with Crippen LogP contribution < -0.4 is 0 Å². The number of rotatable bonds is 7. The van der Waals surface area contributed by atoms with Crippen LogP contribution in [-0.2, 0) is 19.1 Å². The van der Waals surface area contributed by atoms with E-state index in [1.54, 1.807) is 0 Å². The van der Waals surface area contributed by atoms with Gasteiger partial charge < -0.3 is 65.6 Å². The van der Waals surface area contributed by atoms with Crippen LogP contribution in [0, 0.1) is 0 Å². The van der Waals surface area contributed by atoms with Crippen molar-refractivity contribution < 1.29 is 75.2 Å². The van der Waals surface area contributed by atoms with Crippen LogP contribution >= 0.6 is 0 Å². The van der Waals surface area contributed by atoms with E-state index in [1.165, 1.54) is 37.3 Å². The lowest BCUT2D eigenvalue weighted by molar-refractivity contribution is -0.261. The fourth-order valence-corrected chi connectivity index (χ4v) is 5.43. The van der Waals surface area contributed by atoms with E-state index < -0.39 is 107 Å². The second-order valence-electron chi connectivity index (χ2n) is 10.6. The van der Waals surface area contributed by atoms with Gasteiger partial charge in [-0.3, -0.25) is 9.59 Å². The summed E-state index contributed by atoms with van der Waals surface area (Å²) in [6, 6.07) is 5.41. The highest BCUT2D eigenvalue weighted by molar-refractivity contribution is 6.31. The first-order chi connectivity index (χ1) is 20.2. The summed E-state index contributed by atoms with van der Waals surface area (Å²) in [7, 11) is 0. The number of aliphatic hydroxyl groups is 10. The van der Waals surface area contributed by atoms with Crippen molar-refractivity contribution in [3.63, 3.8) is 0 Å². The average Bonchev–Trinajstić information content (AvgIpc) is 2.98. The van der Waals surface area contributed by atoms with Gasteiger partial charge in [-0.1, -0.05) is 25.1 Å². The number of benzene rings is 1. The number of ether oxygens (including phenoxy) is 2. The van der Waals surface area contributed by atoms with Crippen molar-refractivity contribution in [2.24, 2.45) is 0 Å². The van der Waals surface area contributed by atoms with E-state index in [0.717, 1.165) is 6.08 Å². The highest BCUT2D eigenvalue weighted by Crippen LogP contribution is 2.44. The zero-order valence-corrected chi connectivity index (χ0v) is 22.7. The molecule has 11 atom stereocenters. The summed E-state index contributed by atoms with van der Waals surface area (Å²) in [6.07, 6.45) is -17.3. The summed E-state index contributed by atoms with van der Waals surface area (Å²) in [5.41, 5.74) is -5.31. The summed E-state index contributed by atoms with van der Waals surface area (Å²) in [5, 5.41) is 116. The van der Waals surface area contributed by atoms with Crippen LogP contribution in [0.15, 0.2) is 53.0 Å². The number of aliphatic hydroxyl groups excluding tert-OH is 9. The van der Waals surface area contributed by atoms with Gasteiger partial charge in [0.2, 0.25) is 11.4 Å². The molecule has 1 aliphatic carbocycles. The Labute approximate surface area is 244 Å². The lowest BCUT2D eigenvalue weighted by atomic mass is 9.72. The Morgan fingerprint density at radius 2 is 1.42 bits per heavy atom. The van der Waals surface area contributed by atoms with Gasteiger partial charge in [-0.2, -0.15) is 0 Å². The molecule has 0 amide bonds. The summed E-state index contributed by atoms with van der Waals surface area (Å²) in [5.74, 6) is -5.85. The van der Waals surface area contributed by atoms with E-state index >= 15 is 0 Å². The fourth-order valence-electron chi connectivity index (χ4n) is 5.43. The van der Waals surface area contributed by atoms with Crippen molar-refractivity contribution in [3.8, 4) is 5.75 Å². The van der Waals surface area contributed by atoms with Gasteiger partial charge in [0.25, 0.3) is 0 Å². The molecule has 0 radical (unpaired) electrons. The lowest BCUT2D eigenvalue weighted by Gasteiger charge is -2.48. The average molecular weight is 611 g/mol. The third-order valence-corrected chi connectivity index (χ3v) is 7.96. The first-order valence-electron chi connectivity index (χ1n) is 13.4. The molecular formula is C28H34O15. The van der Waals surface area contributed by atoms with Crippen LogP contribution in [0.25, 0.3) is 6.08 Å². The first-order valence-corrected chi connectivity index (χ1v) is 13.4. The molecule has 0 aromatic heterocycles. The highest BCUT2D eigenvalue weighted by Gasteiger charge is 2.62. The predicted molar refractivity (Wildman–Crippen MR) is 142 cm³/mol. The molecule has 2 heterocycles. The number of phenolic OH excluding ortho intramolecular Hbond substituents is 1. The molecule has 15 heteroatoms. The summed E-state index contributed by atoms with van der Waals surface area (Å²) in [6.45, 7) is 0.570. The Hall–Kier alpha value is -3.22. The maximum atomic E-state index is 13.7. The van der Waals surface area contributed by atoms with Crippen LogP contribution in [0.4, 0.5) is 0 Å². The van der Waals surface area contributed by atoms with E-state index in [-0.39, 0.29) is 12.2 Å². The molecule has 2 aliphatic heterocycles. The highest BCUT2D eigenvalue weighted by atomic mass is 16.6. The minimum Gasteiger partial charge on any atom is -0.508 e. The van der Waals surface area contributed by atoms with Crippen molar-refractivity contribution in [2.45, 2.75) is 80.0 Å². The molecule has 2 fully saturated rings. The number of allylic oxidation sites excluding steroid dienone is 2. The van der Waals surface area contributed by atoms with Gasteiger partial charge in [0.15, 0.2) is 5.78 Å². The van der Waals surface area contributed by atoms with E-state index in [4.69, 9.17) is 9.47 Å². The minimum atomic E-state index is -3.38. The van der Waals surface area contributed by atoms with Crippen LogP contribution in [0.2, 0.25) is 0 Å². The maximum absolute atomic E-state index is 13.7. The summed E-state index contributed by atoms with van der Waals surface area (Å²) < 4.78 is 11.0. The Morgan fingerprint density at radius 3 is 2.00 bits per heavy atom. The molecule has 43 heavy (non-hydrogen) atoms. The maximum Gasteiger partial charge on any atom is 0.208 e. The molecular weight excluding hydrogens is 576 g/mol. The van der Waals surface area contributed by atoms with E-state index in [9.17, 15) is 65.8 Å². The third kappa shape index (κ3) is 5.49. The van der Waals surface area contributed by atoms with Gasteiger partial charge in [-0.15, -0.1) is 0 Å². The van der Waals surface area contributed by atoms with Gasteiger partial charge in [0.05, 0.1) is 18.3 Å². The molecule has 0 bridgehead atoms. The second-order valence-corrected chi connectivity index (χ2v) is 10.6. The number of hydrogen-bond acceptors (Lipinski definition) is 15. The van der Waals surface area contributed by atoms with Gasteiger partial charge in [-0.25, -0.2) is 0 Å². The molecule has 2 saturated heterocycles. The smallest absolute Gasteiger partial charge is 0.208 e. The molecule has 15 nitrogen and oxygen atoms in total. The number of aromatic hydroxyl groups is 1. The molecule has 11 unspecified atom stereocenters. The molecule has 3 aliphatic rings. The number of phenols is 1. The minimum absolute atomic E-state index is 0.00780. The number of hydrogen-bond donors (Lipinski definition) is 11. The monoisotopic (exact) mass is 610 g/mol. The zero-order valence-electron chi connectivity index (χ0n) is 22.7. The van der Waals surface area contributed by atoms with E-state index in [2.05, 4.69) is 0 Å². The lowest BCUT2D eigenvalue weighted by Crippen LogP contribution is -2.67. The predicted octanol–water partition coefficient (Wildman–Crippen LogP) is -2.98. The van der Waals surface area contributed by atoms with Crippen LogP contribution in [0.1, 0.15) is 18.9 Å². The SMILES string of the molecule is CCC1OC(C2(O)C(O)=C(C(=O)/C=C/c3ccc(O)cc3)C(=O)C(C3OC(CO)C(O)C(O)C3O)=C2O)C(O)C(O)C1O. The molecule has 4 rings (SSSR count). The van der Waals surface area contributed by atoms with Crippen LogP contribution in [0.3, 0.4) is 0 Å². The number of Topliss-reactive ketones (excluding diaryl/α,β-unsaturated/α-hetero) is 1. The third-order valence-electron chi connectivity index (χ3n) is 7.96. The van der Waals surface area contributed by atoms with Crippen molar-refractivity contribution in [3.05, 3.63) is 58.6 Å². The molecule has 11 N–H and O–H groups in total. The van der Waals surface area contributed by atoms with Crippen LogP contribution in [0.5, 0.6) is 5.75 Å². The normalized spacial score (nSPS) is 39.0. The van der Waals surface area contributed by atoms with Gasteiger partial charge in [0.1, 0.15) is 77.8 Å². The summed E-state index contributed by atoms with van der Waals surface area (Å²) >= 11 is 0. The van der Waals surface area contributed by atoms with Crippen molar-refractivity contribution >= 4 is 17.6 Å². The number of carbonyl (C=O) groups is 2. The Morgan fingerprint density at radius 1 is 0.837 bits per heavy atom. The van der Waals surface area contributed by atoms with E-state index in [1.807, 2.05) is 0 Å². The summed E-state index contributed by atoms with van der Waals surface area (Å²) in [4.78, 5) is 27.1. The Kier molecular flexibility index (Phi) is 9.44. The fraction of sp³-hybridized carbons (Fsp3) is 0.500. The van der Waals surface area contributed by atoms with Crippen molar-refractivity contribution in [1.82, 2.24) is 0 Å². The molecule has 0 spiro atoms. The Bertz CT molecular complexity index is 1320. The van der Waals surface area contributed by atoms with Gasteiger partial charge in [-0.05, 0) is 30.2 Å². The number of carbonyl (C=O) groups excluding carboxylic acids is 2. The zero-order chi connectivity index (χ0) is 32.0. The van der Waals surface area contributed by atoms with Gasteiger partial charge in [0, 0.05) is 0 Å². The van der Waals surface area contributed by atoms with E-state index in [0.29, 0.717) is 5.56 Å². The second kappa shape index (κ2) is 12.4. The molecule has 236 valence electrons. The van der Waals surface area contributed by atoms with Crippen molar-refractivity contribution in [2.75, 3.05) is 6.61 Å². The first kappa shape index (κ1) is 32.7. The van der Waals surface area contributed by atoms with Gasteiger partial charge >= 0.3 is 0 Å². The number of ketones is 2. The topological polar surface area (TPSA) is 275 Å². The molecule has 0 saturated carbocycles. The van der Waals surface area contributed by atoms with Crippen molar-refractivity contribution in [1.29, 1.82) is 0 Å².